The molecule has 0 bridgehead atoms. The SMILES string of the molecule is Cc1ccc(C(C)C)cc1OC1CCCC(N)(C(=O)O)C1. The van der Waals surface area contributed by atoms with Crippen LogP contribution in [-0.2, 0) is 4.79 Å². The molecule has 0 aromatic heterocycles. The predicted octanol–water partition coefficient (Wildman–Crippen LogP) is 3.22. The molecule has 1 fully saturated rings. The van der Waals surface area contributed by atoms with Crippen molar-refractivity contribution in [3.63, 3.8) is 0 Å². The van der Waals surface area contributed by atoms with Gasteiger partial charge in [0, 0.05) is 6.42 Å². The highest BCUT2D eigenvalue weighted by atomic mass is 16.5. The van der Waals surface area contributed by atoms with Crippen LogP contribution < -0.4 is 10.5 Å². The van der Waals surface area contributed by atoms with Crippen LogP contribution in [0.2, 0.25) is 0 Å². The van der Waals surface area contributed by atoms with Crippen LogP contribution in [0.3, 0.4) is 0 Å². The van der Waals surface area contributed by atoms with Gasteiger partial charge in [-0.15, -0.1) is 0 Å². The Morgan fingerprint density at radius 1 is 1.48 bits per heavy atom. The first-order valence-corrected chi connectivity index (χ1v) is 7.61. The molecule has 2 atom stereocenters. The second-order valence-corrected chi connectivity index (χ2v) is 6.48. The summed E-state index contributed by atoms with van der Waals surface area (Å²) in [6.07, 6.45) is 2.41. The number of nitrogens with two attached hydrogens (primary N) is 1. The number of carboxylic acids is 1. The molecule has 1 saturated carbocycles. The molecule has 1 aliphatic rings. The summed E-state index contributed by atoms with van der Waals surface area (Å²) in [5.74, 6) is 0.358. The van der Waals surface area contributed by atoms with Crippen LogP contribution in [0.25, 0.3) is 0 Å². The lowest BCUT2D eigenvalue weighted by Crippen LogP contribution is -2.53. The molecule has 21 heavy (non-hydrogen) atoms. The Morgan fingerprint density at radius 2 is 2.19 bits per heavy atom. The lowest BCUT2D eigenvalue weighted by Gasteiger charge is -2.34. The Balaban J connectivity index is 2.14. The topological polar surface area (TPSA) is 72.5 Å². The van der Waals surface area contributed by atoms with Crippen molar-refractivity contribution in [2.45, 2.75) is 64.0 Å². The molecule has 3 N–H and O–H groups in total. The molecule has 0 radical (unpaired) electrons. The second kappa shape index (κ2) is 6.06. The van der Waals surface area contributed by atoms with Crippen molar-refractivity contribution in [1.29, 1.82) is 0 Å². The van der Waals surface area contributed by atoms with Gasteiger partial charge in [-0.2, -0.15) is 0 Å². The molecule has 1 aromatic carbocycles. The van der Waals surface area contributed by atoms with E-state index in [-0.39, 0.29) is 6.10 Å². The average Bonchev–Trinajstić information content (AvgIpc) is 2.41. The summed E-state index contributed by atoms with van der Waals surface area (Å²) in [6.45, 7) is 6.30. The molecule has 4 heteroatoms. The molecule has 0 spiro atoms. The number of benzene rings is 1. The number of hydrogen-bond donors (Lipinski definition) is 2. The molecule has 2 unspecified atom stereocenters. The van der Waals surface area contributed by atoms with Gasteiger partial charge in [-0.25, -0.2) is 0 Å². The lowest BCUT2D eigenvalue weighted by atomic mass is 9.81. The molecule has 0 aliphatic heterocycles. The van der Waals surface area contributed by atoms with E-state index in [0.29, 0.717) is 18.8 Å². The summed E-state index contributed by atoms with van der Waals surface area (Å²) in [7, 11) is 0. The van der Waals surface area contributed by atoms with E-state index in [4.69, 9.17) is 10.5 Å². The fraction of sp³-hybridized carbons (Fsp3) is 0.588. The molecule has 1 aliphatic carbocycles. The molecule has 1 aromatic rings. The van der Waals surface area contributed by atoms with Crippen molar-refractivity contribution in [1.82, 2.24) is 0 Å². The van der Waals surface area contributed by atoms with E-state index >= 15 is 0 Å². The van der Waals surface area contributed by atoms with Gasteiger partial charge in [0.25, 0.3) is 0 Å². The van der Waals surface area contributed by atoms with E-state index in [1.807, 2.05) is 6.92 Å². The molecule has 0 heterocycles. The first-order valence-electron chi connectivity index (χ1n) is 7.61. The van der Waals surface area contributed by atoms with Crippen molar-refractivity contribution < 1.29 is 14.6 Å². The average molecular weight is 291 g/mol. The standard InChI is InChI=1S/C17H25NO3/c1-11(2)13-7-6-12(3)15(9-13)21-14-5-4-8-17(18,10-14)16(19)20/h6-7,9,11,14H,4-5,8,10,18H2,1-3H3,(H,19,20). The largest absolute Gasteiger partial charge is 0.490 e. The van der Waals surface area contributed by atoms with Crippen LogP contribution >= 0.6 is 0 Å². The smallest absolute Gasteiger partial charge is 0.323 e. The van der Waals surface area contributed by atoms with Crippen molar-refractivity contribution in [3.05, 3.63) is 29.3 Å². The van der Waals surface area contributed by atoms with Gasteiger partial charge in [0.15, 0.2) is 0 Å². The summed E-state index contributed by atoms with van der Waals surface area (Å²) < 4.78 is 6.08. The normalized spacial score (nSPS) is 25.9. The fourth-order valence-corrected chi connectivity index (χ4v) is 2.83. The van der Waals surface area contributed by atoms with Crippen LogP contribution in [0.15, 0.2) is 18.2 Å². The minimum absolute atomic E-state index is 0.124. The van der Waals surface area contributed by atoms with Crippen LogP contribution in [-0.4, -0.2) is 22.7 Å². The molecule has 0 amide bonds. The summed E-state index contributed by atoms with van der Waals surface area (Å²) in [4.78, 5) is 11.3. The highest BCUT2D eigenvalue weighted by Gasteiger charge is 2.40. The van der Waals surface area contributed by atoms with Gasteiger partial charge in [0.05, 0.1) is 0 Å². The summed E-state index contributed by atoms with van der Waals surface area (Å²) in [5, 5.41) is 9.27. The van der Waals surface area contributed by atoms with Crippen LogP contribution in [0.4, 0.5) is 0 Å². The van der Waals surface area contributed by atoms with Crippen LogP contribution in [0.5, 0.6) is 5.75 Å². The van der Waals surface area contributed by atoms with Gasteiger partial charge in [0.2, 0.25) is 0 Å². The van der Waals surface area contributed by atoms with E-state index in [1.165, 1.54) is 5.56 Å². The number of rotatable bonds is 4. The number of ether oxygens (including phenoxy) is 1. The molecule has 2 rings (SSSR count). The fourth-order valence-electron chi connectivity index (χ4n) is 2.83. The van der Waals surface area contributed by atoms with Gasteiger partial charge in [-0.05, 0) is 49.3 Å². The summed E-state index contributed by atoms with van der Waals surface area (Å²) in [6, 6.07) is 6.23. The zero-order valence-electron chi connectivity index (χ0n) is 13.1. The summed E-state index contributed by atoms with van der Waals surface area (Å²) >= 11 is 0. The zero-order chi connectivity index (χ0) is 15.6. The molecular weight excluding hydrogens is 266 g/mol. The zero-order valence-corrected chi connectivity index (χ0v) is 13.1. The maximum absolute atomic E-state index is 11.3. The van der Waals surface area contributed by atoms with Crippen molar-refractivity contribution in [2.24, 2.45) is 5.73 Å². The monoisotopic (exact) mass is 291 g/mol. The third-order valence-corrected chi connectivity index (χ3v) is 4.34. The molecule has 116 valence electrons. The quantitative estimate of drug-likeness (QED) is 0.893. The van der Waals surface area contributed by atoms with Crippen molar-refractivity contribution in [2.75, 3.05) is 0 Å². The number of carboxylic acid groups (broad SMARTS) is 1. The van der Waals surface area contributed by atoms with Gasteiger partial charge in [0.1, 0.15) is 17.4 Å². The Bertz CT molecular complexity index is 527. The molecular formula is C17H25NO3. The maximum Gasteiger partial charge on any atom is 0.323 e. The lowest BCUT2D eigenvalue weighted by molar-refractivity contribution is -0.145. The van der Waals surface area contributed by atoms with Crippen molar-refractivity contribution >= 4 is 5.97 Å². The number of carbonyl (C=O) groups is 1. The first-order chi connectivity index (χ1) is 9.82. The molecule has 0 saturated heterocycles. The van der Waals surface area contributed by atoms with Gasteiger partial charge >= 0.3 is 5.97 Å². The third kappa shape index (κ3) is 3.56. The van der Waals surface area contributed by atoms with Crippen LogP contribution in [0, 0.1) is 6.92 Å². The van der Waals surface area contributed by atoms with E-state index in [9.17, 15) is 9.90 Å². The minimum Gasteiger partial charge on any atom is -0.490 e. The van der Waals surface area contributed by atoms with Crippen molar-refractivity contribution in [3.8, 4) is 5.75 Å². The number of hydrogen-bond acceptors (Lipinski definition) is 3. The number of aliphatic carboxylic acids is 1. The van der Waals surface area contributed by atoms with E-state index in [1.54, 1.807) is 0 Å². The predicted molar refractivity (Wildman–Crippen MR) is 82.7 cm³/mol. The van der Waals surface area contributed by atoms with E-state index < -0.39 is 11.5 Å². The van der Waals surface area contributed by atoms with Gasteiger partial charge in [-0.3, -0.25) is 4.79 Å². The van der Waals surface area contributed by atoms with Gasteiger partial charge in [-0.1, -0.05) is 26.0 Å². The minimum atomic E-state index is -1.15. The van der Waals surface area contributed by atoms with Gasteiger partial charge < -0.3 is 15.6 Å². The highest BCUT2D eigenvalue weighted by Crippen LogP contribution is 2.32. The maximum atomic E-state index is 11.3. The Labute approximate surface area is 126 Å². The first kappa shape index (κ1) is 15.8. The Kier molecular flexibility index (Phi) is 4.57. The van der Waals surface area contributed by atoms with Crippen LogP contribution in [0.1, 0.15) is 56.6 Å². The third-order valence-electron chi connectivity index (χ3n) is 4.34. The summed E-state index contributed by atoms with van der Waals surface area (Å²) in [5.41, 5.74) is 7.13. The second-order valence-electron chi connectivity index (χ2n) is 6.48. The van der Waals surface area contributed by atoms with E-state index in [0.717, 1.165) is 24.2 Å². The number of aryl methyl sites for hydroxylation is 1. The Hall–Kier alpha value is -1.55. The highest BCUT2D eigenvalue weighted by molar-refractivity contribution is 5.78. The molecule has 4 nitrogen and oxygen atoms in total. The van der Waals surface area contributed by atoms with E-state index in [2.05, 4.69) is 32.0 Å². The Morgan fingerprint density at radius 3 is 2.81 bits per heavy atom.